The Morgan fingerprint density at radius 3 is 2.26 bits per heavy atom. The van der Waals surface area contributed by atoms with Crippen LogP contribution in [0.2, 0.25) is 0 Å². The van der Waals surface area contributed by atoms with Gasteiger partial charge >= 0.3 is 0 Å². The van der Waals surface area contributed by atoms with Crippen LogP contribution in [0.1, 0.15) is 26.3 Å². The number of amides is 1. The molecular weight excluding hydrogens is 478 g/mol. The van der Waals surface area contributed by atoms with Gasteiger partial charge in [0.1, 0.15) is 17.2 Å². The molecule has 1 amide bonds. The van der Waals surface area contributed by atoms with Gasteiger partial charge in [-0.3, -0.25) is 4.79 Å². The summed E-state index contributed by atoms with van der Waals surface area (Å²) in [5, 5.41) is 2.80. The number of anilines is 1. The van der Waals surface area contributed by atoms with Crippen molar-refractivity contribution < 1.29 is 19.0 Å². The number of hydrogen-bond acceptors (Lipinski definition) is 4. The van der Waals surface area contributed by atoms with Crippen molar-refractivity contribution in [1.29, 1.82) is 0 Å². The number of hydrogen-bond donors (Lipinski definition) is 1. The maximum atomic E-state index is 12.4. The van der Waals surface area contributed by atoms with Crippen molar-refractivity contribution >= 4 is 43.5 Å². The van der Waals surface area contributed by atoms with Crippen LogP contribution in [0, 0.1) is 0 Å². The van der Waals surface area contributed by atoms with Gasteiger partial charge in [0, 0.05) is 22.2 Å². The highest BCUT2D eigenvalue weighted by Gasteiger charge is 2.20. The first-order valence-corrected chi connectivity index (χ1v) is 9.88. The smallest absolute Gasteiger partial charge is 0.262 e. The van der Waals surface area contributed by atoms with Crippen LogP contribution in [0.15, 0.2) is 39.3 Å². The fourth-order valence-electron chi connectivity index (χ4n) is 2.50. The monoisotopic (exact) mass is 499 g/mol. The van der Waals surface area contributed by atoms with Crippen molar-refractivity contribution in [2.24, 2.45) is 0 Å². The van der Waals surface area contributed by atoms with Crippen LogP contribution in [0.25, 0.3) is 0 Å². The van der Waals surface area contributed by atoms with Gasteiger partial charge in [-0.15, -0.1) is 0 Å². The molecule has 27 heavy (non-hydrogen) atoms. The van der Waals surface area contributed by atoms with E-state index in [2.05, 4.69) is 57.9 Å². The van der Waals surface area contributed by atoms with E-state index in [0.29, 0.717) is 22.9 Å². The fraction of sp³-hybridized carbons (Fsp3) is 0.350. The molecule has 2 rings (SSSR count). The van der Waals surface area contributed by atoms with Gasteiger partial charge in [-0.25, -0.2) is 0 Å². The van der Waals surface area contributed by atoms with Crippen LogP contribution in [0.3, 0.4) is 0 Å². The van der Waals surface area contributed by atoms with E-state index < -0.39 is 0 Å². The van der Waals surface area contributed by atoms with Crippen LogP contribution in [-0.4, -0.2) is 26.7 Å². The van der Waals surface area contributed by atoms with Crippen LogP contribution in [0.4, 0.5) is 5.69 Å². The standard InChI is InChI=1S/C20H23Br2NO4/c1-20(2,3)13-8-12(21)6-7-16(13)27-11-19(24)23-15-10-17(25-4)14(22)9-18(15)26-5/h6-10H,11H2,1-5H3,(H,23,24). The lowest BCUT2D eigenvalue weighted by atomic mass is 9.86. The van der Waals surface area contributed by atoms with Gasteiger partial charge in [-0.2, -0.15) is 0 Å². The Labute approximate surface area is 176 Å². The Hall–Kier alpha value is -1.73. The van der Waals surface area contributed by atoms with Gasteiger partial charge in [0.25, 0.3) is 5.91 Å². The van der Waals surface area contributed by atoms with E-state index in [0.717, 1.165) is 14.5 Å². The predicted octanol–water partition coefficient (Wildman–Crippen LogP) is 5.54. The second-order valence-corrected chi connectivity index (χ2v) is 8.68. The third-order valence-electron chi connectivity index (χ3n) is 3.86. The molecule has 0 atom stereocenters. The summed E-state index contributed by atoms with van der Waals surface area (Å²) >= 11 is 6.88. The molecule has 0 spiro atoms. The van der Waals surface area contributed by atoms with E-state index in [1.165, 1.54) is 7.11 Å². The second kappa shape index (κ2) is 8.97. The van der Waals surface area contributed by atoms with Crippen molar-refractivity contribution in [3.05, 3.63) is 44.8 Å². The molecule has 0 saturated heterocycles. The van der Waals surface area contributed by atoms with Gasteiger partial charge in [-0.05, 0) is 39.5 Å². The van der Waals surface area contributed by atoms with Gasteiger partial charge in [0.2, 0.25) is 0 Å². The summed E-state index contributed by atoms with van der Waals surface area (Å²) in [6.45, 7) is 6.17. The molecule has 0 aliphatic rings. The van der Waals surface area contributed by atoms with Crippen LogP contribution >= 0.6 is 31.9 Å². The molecule has 0 aromatic heterocycles. The lowest BCUT2D eigenvalue weighted by molar-refractivity contribution is -0.118. The molecule has 1 N–H and O–H groups in total. The molecule has 2 aromatic rings. The average Bonchev–Trinajstić information content (AvgIpc) is 2.60. The number of carbonyl (C=O) groups excluding carboxylic acids is 1. The minimum atomic E-state index is -0.291. The topological polar surface area (TPSA) is 56.8 Å². The second-order valence-electron chi connectivity index (χ2n) is 6.91. The molecular formula is C20H23Br2NO4. The predicted molar refractivity (Wildman–Crippen MR) is 114 cm³/mol. The molecule has 5 nitrogen and oxygen atoms in total. The lowest BCUT2D eigenvalue weighted by Gasteiger charge is -2.23. The summed E-state index contributed by atoms with van der Waals surface area (Å²) in [6.07, 6.45) is 0. The highest BCUT2D eigenvalue weighted by molar-refractivity contribution is 9.10. The van der Waals surface area contributed by atoms with Gasteiger partial charge in [0.15, 0.2) is 6.61 Å². The maximum absolute atomic E-state index is 12.4. The Balaban J connectivity index is 2.14. The number of halogens is 2. The van der Waals surface area contributed by atoms with Crippen LogP contribution in [0.5, 0.6) is 17.2 Å². The summed E-state index contributed by atoms with van der Waals surface area (Å²) < 4.78 is 18.1. The highest BCUT2D eigenvalue weighted by Crippen LogP contribution is 2.36. The molecule has 0 radical (unpaired) electrons. The van der Waals surface area contributed by atoms with Crippen molar-refractivity contribution in [3.8, 4) is 17.2 Å². The molecule has 0 unspecified atom stereocenters. The van der Waals surface area contributed by atoms with Gasteiger partial charge in [0.05, 0.1) is 24.4 Å². The third kappa shape index (κ3) is 5.62. The average molecular weight is 501 g/mol. The zero-order valence-corrected chi connectivity index (χ0v) is 19.2. The van der Waals surface area contributed by atoms with E-state index in [-0.39, 0.29) is 17.9 Å². The first-order chi connectivity index (χ1) is 12.7. The minimum Gasteiger partial charge on any atom is -0.495 e. The first-order valence-electron chi connectivity index (χ1n) is 8.30. The highest BCUT2D eigenvalue weighted by atomic mass is 79.9. The van der Waals surface area contributed by atoms with E-state index >= 15 is 0 Å². The summed E-state index contributed by atoms with van der Waals surface area (Å²) in [5.74, 6) is 1.51. The van der Waals surface area contributed by atoms with E-state index in [9.17, 15) is 4.79 Å². The summed E-state index contributed by atoms with van der Waals surface area (Å²) in [4.78, 5) is 12.4. The van der Waals surface area contributed by atoms with Crippen LogP contribution in [-0.2, 0) is 10.2 Å². The first kappa shape index (κ1) is 21.6. The molecule has 0 saturated carbocycles. The van der Waals surface area contributed by atoms with E-state index in [4.69, 9.17) is 14.2 Å². The summed E-state index contributed by atoms with van der Waals surface area (Å²) in [6, 6.07) is 9.20. The number of methoxy groups -OCH3 is 2. The number of carbonyl (C=O) groups is 1. The van der Waals surface area contributed by atoms with Crippen molar-refractivity contribution in [2.75, 3.05) is 26.1 Å². The Bertz CT molecular complexity index is 831. The molecule has 0 aliphatic heterocycles. The summed E-state index contributed by atoms with van der Waals surface area (Å²) in [7, 11) is 3.10. The minimum absolute atomic E-state index is 0.113. The number of ether oxygens (including phenoxy) is 3. The molecule has 0 aliphatic carbocycles. The lowest BCUT2D eigenvalue weighted by Crippen LogP contribution is -2.22. The molecule has 0 fully saturated rings. The quantitative estimate of drug-likeness (QED) is 0.565. The van der Waals surface area contributed by atoms with Crippen molar-refractivity contribution in [1.82, 2.24) is 0 Å². The molecule has 0 bridgehead atoms. The third-order valence-corrected chi connectivity index (χ3v) is 4.97. The summed E-state index contributed by atoms with van der Waals surface area (Å²) in [5.41, 5.74) is 1.42. The number of benzene rings is 2. The molecule has 2 aromatic carbocycles. The number of nitrogens with one attached hydrogen (secondary N) is 1. The Kier molecular flexibility index (Phi) is 7.17. The van der Waals surface area contributed by atoms with Gasteiger partial charge in [-0.1, -0.05) is 36.7 Å². The largest absolute Gasteiger partial charge is 0.495 e. The maximum Gasteiger partial charge on any atom is 0.262 e. The SMILES string of the molecule is COc1cc(NC(=O)COc2ccc(Br)cc2C(C)(C)C)c(OC)cc1Br. The van der Waals surface area contributed by atoms with Gasteiger partial charge < -0.3 is 19.5 Å². The fourth-order valence-corrected chi connectivity index (χ4v) is 3.35. The van der Waals surface area contributed by atoms with Crippen molar-refractivity contribution in [3.63, 3.8) is 0 Å². The molecule has 0 heterocycles. The Morgan fingerprint density at radius 1 is 1.00 bits per heavy atom. The van der Waals surface area contributed by atoms with E-state index in [1.54, 1.807) is 19.2 Å². The zero-order chi connectivity index (χ0) is 20.2. The van der Waals surface area contributed by atoms with Crippen LogP contribution < -0.4 is 19.5 Å². The molecule has 7 heteroatoms. The Morgan fingerprint density at radius 2 is 1.67 bits per heavy atom. The zero-order valence-electron chi connectivity index (χ0n) is 16.0. The van der Waals surface area contributed by atoms with Crippen molar-refractivity contribution in [2.45, 2.75) is 26.2 Å². The normalized spacial score (nSPS) is 11.1. The molecule has 146 valence electrons. The van der Waals surface area contributed by atoms with E-state index in [1.807, 2.05) is 18.2 Å². The number of rotatable bonds is 6.